The van der Waals surface area contributed by atoms with Crippen LogP contribution in [-0.4, -0.2) is 21.1 Å². The first-order chi connectivity index (χ1) is 6.69. The number of nitrogens with two attached hydrogens (primary N) is 1. The molecule has 0 aliphatic heterocycles. The van der Waals surface area contributed by atoms with Crippen molar-refractivity contribution >= 4 is 11.8 Å². The van der Waals surface area contributed by atoms with Crippen LogP contribution in [0.3, 0.4) is 0 Å². The SMILES string of the molecule is CC[C@@H](N)c1cncn1CC(C)SC. The van der Waals surface area contributed by atoms with Crippen molar-refractivity contribution in [2.45, 2.75) is 38.1 Å². The highest BCUT2D eigenvalue weighted by atomic mass is 32.2. The van der Waals surface area contributed by atoms with Crippen LogP contribution < -0.4 is 5.73 Å². The van der Waals surface area contributed by atoms with E-state index in [0.29, 0.717) is 5.25 Å². The van der Waals surface area contributed by atoms with E-state index in [-0.39, 0.29) is 6.04 Å². The van der Waals surface area contributed by atoms with Crippen LogP contribution in [0.4, 0.5) is 0 Å². The Morgan fingerprint density at radius 3 is 2.93 bits per heavy atom. The van der Waals surface area contributed by atoms with Crippen LogP contribution in [0.2, 0.25) is 0 Å². The summed E-state index contributed by atoms with van der Waals surface area (Å²) in [6, 6.07) is 0.117. The molecule has 1 aromatic heterocycles. The van der Waals surface area contributed by atoms with Crippen molar-refractivity contribution in [1.29, 1.82) is 0 Å². The van der Waals surface area contributed by atoms with Gasteiger partial charge in [0, 0.05) is 24.0 Å². The first-order valence-corrected chi connectivity index (χ1v) is 6.26. The summed E-state index contributed by atoms with van der Waals surface area (Å²) in [7, 11) is 0. The minimum absolute atomic E-state index is 0.117. The Hall–Kier alpha value is -0.480. The molecule has 0 fully saturated rings. The summed E-state index contributed by atoms with van der Waals surface area (Å²) in [6.07, 6.45) is 6.83. The van der Waals surface area contributed by atoms with Crippen molar-refractivity contribution in [1.82, 2.24) is 9.55 Å². The molecule has 0 spiro atoms. The molecule has 2 N–H and O–H groups in total. The highest BCUT2D eigenvalue weighted by Crippen LogP contribution is 2.16. The van der Waals surface area contributed by atoms with Gasteiger partial charge in [0.1, 0.15) is 0 Å². The number of hydrogen-bond donors (Lipinski definition) is 1. The molecule has 1 aromatic rings. The lowest BCUT2D eigenvalue weighted by molar-refractivity contribution is 0.588. The molecule has 0 aromatic carbocycles. The second-order valence-corrected chi connectivity index (χ2v) is 4.81. The molecule has 0 saturated carbocycles. The normalized spacial score (nSPS) is 15.4. The van der Waals surface area contributed by atoms with E-state index in [9.17, 15) is 0 Å². The predicted octanol–water partition coefficient (Wildman–Crippen LogP) is 2.04. The van der Waals surface area contributed by atoms with E-state index in [1.807, 2.05) is 24.3 Å². The van der Waals surface area contributed by atoms with Gasteiger partial charge in [0.05, 0.1) is 12.0 Å². The molecule has 0 aliphatic rings. The monoisotopic (exact) mass is 213 g/mol. The Kier molecular flexibility index (Phi) is 4.48. The minimum atomic E-state index is 0.117. The Morgan fingerprint density at radius 1 is 1.64 bits per heavy atom. The fourth-order valence-corrected chi connectivity index (χ4v) is 1.66. The maximum atomic E-state index is 5.99. The van der Waals surface area contributed by atoms with Crippen LogP contribution >= 0.6 is 11.8 Å². The number of imidazole rings is 1. The van der Waals surface area contributed by atoms with Gasteiger partial charge in [-0.2, -0.15) is 11.8 Å². The van der Waals surface area contributed by atoms with Crippen LogP contribution in [0.15, 0.2) is 12.5 Å². The van der Waals surface area contributed by atoms with Crippen molar-refractivity contribution < 1.29 is 0 Å². The molecule has 14 heavy (non-hydrogen) atoms. The smallest absolute Gasteiger partial charge is 0.0949 e. The van der Waals surface area contributed by atoms with Crippen LogP contribution in [0.5, 0.6) is 0 Å². The first-order valence-electron chi connectivity index (χ1n) is 4.97. The fourth-order valence-electron chi connectivity index (χ4n) is 1.35. The summed E-state index contributed by atoms with van der Waals surface area (Å²) in [5.41, 5.74) is 7.14. The van der Waals surface area contributed by atoms with Gasteiger partial charge in [0.2, 0.25) is 0 Å². The molecule has 1 heterocycles. The highest BCUT2D eigenvalue weighted by molar-refractivity contribution is 7.99. The van der Waals surface area contributed by atoms with Gasteiger partial charge in [-0.1, -0.05) is 13.8 Å². The van der Waals surface area contributed by atoms with E-state index >= 15 is 0 Å². The van der Waals surface area contributed by atoms with E-state index < -0.39 is 0 Å². The molecule has 0 radical (unpaired) electrons. The summed E-state index contributed by atoms with van der Waals surface area (Å²) in [5, 5.41) is 0.604. The number of thioether (sulfide) groups is 1. The van der Waals surface area contributed by atoms with E-state index in [1.54, 1.807) is 0 Å². The number of rotatable bonds is 5. The molecule has 1 unspecified atom stereocenters. The average molecular weight is 213 g/mol. The van der Waals surface area contributed by atoms with Crippen LogP contribution in [0, 0.1) is 0 Å². The summed E-state index contributed by atoms with van der Waals surface area (Å²) >= 11 is 1.86. The van der Waals surface area contributed by atoms with Gasteiger partial charge in [0.25, 0.3) is 0 Å². The molecule has 1 rings (SSSR count). The van der Waals surface area contributed by atoms with Crippen molar-refractivity contribution in [2.75, 3.05) is 6.26 Å². The molecule has 0 aliphatic carbocycles. The lowest BCUT2D eigenvalue weighted by Gasteiger charge is -2.15. The minimum Gasteiger partial charge on any atom is -0.332 e. The zero-order chi connectivity index (χ0) is 10.6. The molecule has 80 valence electrons. The standard InChI is InChI=1S/C10H19N3S/c1-4-9(11)10-5-12-7-13(10)6-8(2)14-3/h5,7-9H,4,6,11H2,1-3H3/t8?,9-/m1/s1. The second kappa shape index (κ2) is 5.41. The summed E-state index contributed by atoms with van der Waals surface area (Å²) in [4.78, 5) is 4.15. The topological polar surface area (TPSA) is 43.8 Å². The molecule has 4 heteroatoms. The number of hydrogen-bond acceptors (Lipinski definition) is 3. The van der Waals surface area contributed by atoms with E-state index in [4.69, 9.17) is 5.73 Å². The molecule has 0 bridgehead atoms. The van der Waals surface area contributed by atoms with Crippen LogP contribution in [-0.2, 0) is 6.54 Å². The highest BCUT2D eigenvalue weighted by Gasteiger charge is 2.10. The summed E-state index contributed by atoms with van der Waals surface area (Å²) in [5.74, 6) is 0. The third-order valence-corrected chi connectivity index (χ3v) is 3.37. The van der Waals surface area contributed by atoms with Gasteiger partial charge >= 0.3 is 0 Å². The van der Waals surface area contributed by atoms with Crippen molar-refractivity contribution in [3.8, 4) is 0 Å². The summed E-state index contributed by atoms with van der Waals surface area (Å²) < 4.78 is 2.16. The number of aromatic nitrogens is 2. The Morgan fingerprint density at radius 2 is 2.36 bits per heavy atom. The van der Waals surface area contributed by atoms with E-state index in [2.05, 4.69) is 29.7 Å². The first kappa shape index (κ1) is 11.6. The molecular weight excluding hydrogens is 194 g/mol. The number of nitrogens with zero attached hydrogens (tertiary/aromatic N) is 2. The van der Waals surface area contributed by atoms with Crippen molar-refractivity contribution in [2.24, 2.45) is 5.73 Å². The zero-order valence-corrected chi connectivity index (χ0v) is 9.92. The van der Waals surface area contributed by atoms with Gasteiger partial charge in [-0.15, -0.1) is 0 Å². The molecule has 0 saturated heterocycles. The van der Waals surface area contributed by atoms with E-state index in [1.165, 1.54) is 0 Å². The zero-order valence-electron chi connectivity index (χ0n) is 9.10. The predicted molar refractivity (Wildman–Crippen MR) is 62.4 cm³/mol. The second-order valence-electron chi connectivity index (χ2n) is 3.53. The third kappa shape index (κ3) is 2.75. The van der Waals surface area contributed by atoms with E-state index in [0.717, 1.165) is 18.7 Å². The maximum absolute atomic E-state index is 5.99. The lowest BCUT2D eigenvalue weighted by atomic mass is 10.2. The largest absolute Gasteiger partial charge is 0.332 e. The van der Waals surface area contributed by atoms with Gasteiger partial charge in [-0.25, -0.2) is 4.98 Å². The lowest BCUT2D eigenvalue weighted by Crippen LogP contribution is -2.17. The maximum Gasteiger partial charge on any atom is 0.0949 e. The molecule has 2 atom stereocenters. The van der Waals surface area contributed by atoms with Crippen molar-refractivity contribution in [3.63, 3.8) is 0 Å². The van der Waals surface area contributed by atoms with Crippen molar-refractivity contribution in [3.05, 3.63) is 18.2 Å². The molecule has 3 nitrogen and oxygen atoms in total. The summed E-state index contributed by atoms with van der Waals surface area (Å²) in [6.45, 7) is 5.30. The Labute approximate surface area is 90.1 Å². The molecule has 0 amide bonds. The molecular formula is C10H19N3S. The Balaban J connectivity index is 2.72. The average Bonchev–Trinajstić information content (AvgIpc) is 2.64. The van der Waals surface area contributed by atoms with Gasteiger partial charge < -0.3 is 10.3 Å². The third-order valence-electron chi connectivity index (χ3n) is 2.42. The van der Waals surface area contributed by atoms with Crippen LogP contribution in [0.25, 0.3) is 0 Å². The van der Waals surface area contributed by atoms with Gasteiger partial charge in [-0.3, -0.25) is 0 Å². The van der Waals surface area contributed by atoms with Gasteiger partial charge in [0.15, 0.2) is 0 Å². The quantitative estimate of drug-likeness (QED) is 0.814. The Bertz CT molecular complexity index is 272. The van der Waals surface area contributed by atoms with Crippen LogP contribution in [0.1, 0.15) is 32.0 Å². The fraction of sp³-hybridized carbons (Fsp3) is 0.700. The van der Waals surface area contributed by atoms with Gasteiger partial charge in [-0.05, 0) is 12.7 Å².